The topological polar surface area (TPSA) is 53.1 Å². The van der Waals surface area contributed by atoms with E-state index < -0.39 is 0 Å². The molecule has 2 rings (SSSR count). The molecule has 4 nitrogen and oxygen atoms in total. The van der Waals surface area contributed by atoms with E-state index in [1.54, 1.807) is 6.20 Å². The Bertz CT molecular complexity index is 491. The summed E-state index contributed by atoms with van der Waals surface area (Å²) in [4.78, 5) is 4.17. The van der Waals surface area contributed by atoms with Crippen molar-refractivity contribution in [2.75, 3.05) is 5.73 Å². The SMILES string of the molecule is Cc1cccc(OCc2ncc(N)n2C)c1. The Labute approximate surface area is 94.7 Å². The number of benzene rings is 1. The van der Waals surface area contributed by atoms with Gasteiger partial charge >= 0.3 is 0 Å². The largest absolute Gasteiger partial charge is 0.486 e. The average Bonchev–Trinajstić information content (AvgIpc) is 2.57. The number of rotatable bonds is 3. The molecule has 0 bridgehead atoms. The Morgan fingerprint density at radius 3 is 2.88 bits per heavy atom. The van der Waals surface area contributed by atoms with Crippen LogP contribution in [0.3, 0.4) is 0 Å². The van der Waals surface area contributed by atoms with Crippen molar-refractivity contribution < 1.29 is 4.74 Å². The standard InChI is InChI=1S/C12H15N3O/c1-9-4-3-5-10(6-9)16-8-12-14-7-11(13)15(12)2/h3-7H,8,13H2,1-2H3. The second kappa shape index (κ2) is 4.26. The fourth-order valence-electron chi connectivity index (χ4n) is 1.45. The summed E-state index contributed by atoms with van der Waals surface area (Å²) in [5.41, 5.74) is 6.86. The van der Waals surface area contributed by atoms with Gasteiger partial charge in [0.25, 0.3) is 0 Å². The van der Waals surface area contributed by atoms with Crippen molar-refractivity contribution in [3.63, 3.8) is 0 Å². The van der Waals surface area contributed by atoms with Crippen molar-refractivity contribution in [3.8, 4) is 5.75 Å². The molecule has 0 amide bonds. The first kappa shape index (κ1) is 10.5. The molecule has 1 aromatic heterocycles. The van der Waals surface area contributed by atoms with E-state index in [9.17, 15) is 0 Å². The van der Waals surface area contributed by atoms with Crippen molar-refractivity contribution in [3.05, 3.63) is 41.9 Å². The molecule has 0 spiro atoms. The number of hydrogen-bond donors (Lipinski definition) is 1. The Morgan fingerprint density at radius 2 is 2.25 bits per heavy atom. The normalized spacial score (nSPS) is 10.4. The molecular weight excluding hydrogens is 202 g/mol. The van der Waals surface area contributed by atoms with Crippen LogP contribution in [0.15, 0.2) is 30.5 Å². The van der Waals surface area contributed by atoms with E-state index in [0.29, 0.717) is 12.4 Å². The molecule has 0 aliphatic heterocycles. The molecule has 0 unspecified atom stereocenters. The second-order valence-electron chi connectivity index (χ2n) is 3.76. The third kappa shape index (κ3) is 2.16. The molecule has 2 N–H and O–H groups in total. The minimum Gasteiger partial charge on any atom is -0.486 e. The molecule has 0 atom stereocenters. The van der Waals surface area contributed by atoms with Gasteiger partial charge in [-0.25, -0.2) is 4.98 Å². The summed E-state index contributed by atoms with van der Waals surface area (Å²) in [5, 5.41) is 0. The quantitative estimate of drug-likeness (QED) is 0.854. The zero-order valence-electron chi connectivity index (χ0n) is 9.47. The van der Waals surface area contributed by atoms with Crippen LogP contribution in [-0.4, -0.2) is 9.55 Å². The molecule has 4 heteroatoms. The van der Waals surface area contributed by atoms with Gasteiger partial charge in [0, 0.05) is 7.05 Å². The van der Waals surface area contributed by atoms with Crippen molar-refractivity contribution >= 4 is 5.82 Å². The fourth-order valence-corrected chi connectivity index (χ4v) is 1.45. The first-order valence-corrected chi connectivity index (χ1v) is 5.12. The van der Waals surface area contributed by atoms with Crippen LogP contribution < -0.4 is 10.5 Å². The maximum Gasteiger partial charge on any atom is 0.148 e. The molecule has 0 aliphatic rings. The zero-order chi connectivity index (χ0) is 11.5. The summed E-state index contributed by atoms with van der Waals surface area (Å²) in [5.74, 6) is 2.31. The van der Waals surface area contributed by atoms with Gasteiger partial charge in [-0.2, -0.15) is 0 Å². The van der Waals surface area contributed by atoms with E-state index in [1.807, 2.05) is 42.8 Å². The highest BCUT2D eigenvalue weighted by atomic mass is 16.5. The van der Waals surface area contributed by atoms with E-state index in [0.717, 1.165) is 11.6 Å². The predicted molar refractivity (Wildman–Crippen MR) is 63.1 cm³/mol. The number of aromatic nitrogens is 2. The number of nitrogens with zero attached hydrogens (tertiary/aromatic N) is 2. The molecular formula is C12H15N3O. The van der Waals surface area contributed by atoms with Crippen molar-refractivity contribution in [2.45, 2.75) is 13.5 Å². The number of aryl methyl sites for hydroxylation is 1. The summed E-state index contributed by atoms with van der Waals surface area (Å²) in [6.45, 7) is 2.46. The van der Waals surface area contributed by atoms with Gasteiger partial charge in [0.05, 0.1) is 6.20 Å². The van der Waals surface area contributed by atoms with Crippen LogP contribution in [0.4, 0.5) is 5.82 Å². The van der Waals surface area contributed by atoms with Crippen molar-refractivity contribution in [2.24, 2.45) is 7.05 Å². The number of hydrogen-bond acceptors (Lipinski definition) is 3. The summed E-state index contributed by atoms with van der Waals surface area (Å²) in [6, 6.07) is 7.93. The van der Waals surface area contributed by atoms with Crippen molar-refractivity contribution in [1.82, 2.24) is 9.55 Å². The maximum absolute atomic E-state index is 5.68. The van der Waals surface area contributed by atoms with Crippen LogP contribution in [0.25, 0.3) is 0 Å². The third-order valence-corrected chi connectivity index (χ3v) is 2.48. The van der Waals surface area contributed by atoms with Gasteiger partial charge in [-0.1, -0.05) is 12.1 Å². The van der Waals surface area contributed by atoms with E-state index >= 15 is 0 Å². The molecule has 2 aromatic rings. The van der Waals surface area contributed by atoms with Crippen LogP contribution in [0.2, 0.25) is 0 Å². The number of imidazole rings is 1. The van der Waals surface area contributed by atoms with Crippen LogP contribution in [0, 0.1) is 6.92 Å². The Kier molecular flexibility index (Phi) is 2.81. The number of nitrogens with two attached hydrogens (primary N) is 1. The Balaban J connectivity index is 2.05. The monoisotopic (exact) mass is 217 g/mol. The highest BCUT2D eigenvalue weighted by Gasteiger charge is 2.04. The Hall–Kier alpha value is -1.97. The molecule has 0 aliphatic carbocycles. The molecule has 0 fully saturated rings. The lowest BCUT2D eigenvalue weighted by atomic mass is 10.2. The molecule has 0 saturated heterocycles. The maximum atomic E-state index is 5.68. The van der Waals surface area contributed by atoms with Gasteiger partial charge in [-0.15, -0.1) is 0 Å². The van der Waals surface area contributed by atoms with Gasteiger partial charge < -0.3 is 15.0 Å². The summed E-state index contributed by atoms with van der Waals surface area (Å²) in [7, 11) is 1.87. The highest BCUT2D eigenvalue weighted by molar-refractivity contribution is 5.29. The predicted octanol–water partition coefficient (Wildman–Crippen LogP) is 1.89. The number of anilines is 1. The molecule has 0 radical (unpaired) electrons. The minimum atomic E-state index is 0.428. The van der Waals surface area contributed by atoms with E-state index in [2.05, 4.69) is 4.98 Å². The van der Waals surface area contributed by atoms with Crippen LogP contribution in [0.1, 0.15) is 11.4 Å². The lowest BCUT2D eigenvalue weighted by molar-refractivity contribution is 0.292. The Morgan fingerprint density at radius 1 is 1.44 bits per heavy atom. The fraction of sp³-hybridized carbons (Fsp3) is 0.250. The smallest absolute Gasteiger partial charge is 0.148 e. The van der Waals surface area contributed by atoms with Gasteiger partial charge in [0.15, 0.2) is 0 Å². The number of ether oxygens (including phenoxy) is 1. The molecule has 0 saturated carbocycles. The van der Waals surface area contributed by atoms with Crippen LogP contribution >= 0.6 is 0 Å². The van der Waals surface area contributed by atoms with Crippen molar-refractivity contribution in [1.29, 1.82) is 0 Å². The average molecular weight is 217 g/mol. The molecule has 1 aromatic carbocycles. The first-order valence-electron chi connectivity index (χ1n) is 5.12. The highest BCUT2D eigenvalue weighted by Crippen LogP contribution is 2.14. The van der Waals surface area contributed by atoms with Crippen LogP contribution in [0.5, 0.6) is 5.75 Å². The summed E-state index contributed by atoms with van der Waals surface area (Å²) >= 11 is 0. The van der Waals surface area contributed by atoms with Crippen LogP contribution in [-0.2, 0) is 13.7 Å². The van der Waals surface area contributed by atoms with E-state index in [-0.39, 0.29) is 0 Å². The lowest BCUT2D eigenvalue weighted by Crippen LogP contribution is -2.05. The summed E-state index contributed by atoms with van der Waals surface area (Å²) in [6.07, 6.45) is 1.63. The van der Waals surface area contributed by atoms with Gasteiger partial charge in [-0.3, -0.25) is 0 Å². The van der Waals surface area contributed by atoms with E-state index in [4.69, 9.17) is 10.5 Å². The molecule has 84 valence electrons. The van der Waals surface area contributed by atoms with E-state index in [1.165, 1.54) is 5.56 Å². The first-order chi connectivity index (χ1) is 7.66. The lowest BCUT2D eigenvalue weighted by Gasteiger charge is -2.07. The molecule has 1 heterocycles. The zero-order valence-corrected chi connectivity index (χ0v) is 9.47. The van der Waals surface area contributed by atoms with Gasteiger partial charge in [0.1, 0.15) is 24.0 Å². The third-order valence-electron chi connectivity index (χ3n) is 2.48. The minimum absolute atomic E-state index is 0.428. The summed E-state index contributed by atoms with van der Waals surface area (Å²) < 4.78 is 7.44. The van der Waals surface area contributed by atoms with Gasteiger partial charge in [-0.05, 0) is 24.6 Å². The van der Waals surface area contributed by atoms with Gasteiger partial charge in [0.2, 0.25) is 0 Å². The second-order valence-corrected chi connectivity index (χ2v) is 3.76. The molecule has 16 heavy (non-hydrogen) atoms. The number of nitrogen functional groups attached to an aromatic ring is 1.